The van der Waals surface area contributed by atoms with Crippen LogP contribution in [0.25, 0.3) is 10.9 Å². The highest BCUT2D eigenvalue weighted by atomic mass is 19.2. The molecule has 1 heterocycles. The van der Waals surface area contributed by atoms with Crippen molar-refractivity contribution >= 4 is 16.8 Å². The number of halogens is 2. The van der Waals surface area contributed by atoms with Crippen LogP contribution in [0.4, 0.5) is 8.78 Å². The third-order valence-corrected chi connectivity index (χ3v) is 4.12. The molecular weight excluding hydrogens is 310 g/mol. The summed E-state index contributed by atoms with van der Waals surface area (Å²) < 4.78 is 26.1. The van der Waals surface area contributed by atoms with Gasteiger partial charge < -0.3 is 10.3 Å². The molecule has 0 unspecified atom stereocenters. The van der Waals surface area contributed by atoms with Crippen molar-refractivity contribution in [1.82, 2.24) is 10.3 Å². The quantitative estimate of drug-likeness (QED) is 0.746. The molecule has 0 saturated heterocycles. The van der Waals surface area contributed by atoms with E-state index in [4.69, 9.17) is 0 Å². The van der Waals surface area contributed by atoms with Crippen molar-refractivity contribution in [3.63, 3.8) is 0 Å². The molecule has 3 nitrogen and oxygen atoms in total. The Bertz CT molecular complexity index is 915. The number of carbonyl (C=O) groups is 1. The molecule has 5 heteroatoms. The van der Waals surface area contributed by atoms with E-state index in [1.807, 2.05) is 26.0 Å². The molecule has 0 aliphatic rings. The van der Waals surface area contributed by atoms with Crippen LogP contribution in [0.2, 0.25) is 0 Å². The van der Waals surface area contributed by atoms with Crippen LogP contribution in [0.1, 0.15) is 27.2 Å². The average Bonchev–Trinajstić information content (AvgIpc) is 2.85. The molecule has 0 spiro atoms. The summed E-state index contributed by atoms with van der Waals surface area (Å²) in [5.74, 6) is -2.40. The summed E-state index contributed by atoms with van der Waals surface area (Å²) in [5.41, 5.74) is 4.57. The van der Waals surface area contributed by atoms with E-state index >= 15 is 0 Å². The highest BCUT2D eigenvalue weighted by Crippen LogP contribution is 2.23. The van der Waals surface area contributed by atoms with Gasteiger partial charge in [0.25, 0.3) is 5.91 Å². The summed E-state index contributed by atoms with van der Waals surface area (Å²) in [6.07, 6.45) is 0.657. The van der Waals surface area contributed by atoms with Crippen LogP contribution >= 0.6 is 0 Å². The minimum atomic E-state index is -1.02. The second kappa shape index (κ2) is 6.43. The van der Waals surface area contributed by atoms with E-state index < -0.39 is 17.5 Å². The molecule has 0 saturated carbocycles. The first kappa shape index (κ1) is 16.2. The van der Waals surface area contributed by atoms with Gasteiger partial charge in [0.2, 0.25) is 0 Å². The highest BCUT2D eigenvalue weighted by Gasteiger charge is 2.11. The standard InChI is InChI=1S/C19H18F2N2O/c1-11-3-6-18-15(9-11)14(12(2)23-18)7-8-22-19(24)13-4-5-16(20)17(21)10-13/h3-6,9-10,23H,7-8H2,1-2H3,(H,22,24). The first-order valence-electron chi connectivity index (χ1n) is 7.77. The number of benzene rings is 2. The topological polar surface area (TPSA) is 44.9 Å². The Hall–Kier alpha value is -2.69. The van der Waals surface area contributed by atoms with E-state index in [1.54, 1.807) is 0 Å². The molecule has 0 aliphatic heterocycles. The lowest BCUT2D eigenvalue weighted by atomic mass is 10.1. The van der Waals surface area contributed by atoms with Gasteiger partial charge in [-0.2, -0.15) is 0 Å². The molecule has 124 valence electrons. The van der Waals surface area contributed by atoms with Gasteiger partial charge in [0.05, 0.1) is 0 Å². The van der Waals surface area contributed by atoms with Gasteiger partial charge in [0.15, 0.2) is 11.6 Å². The molecule has 0 bridgehead atoms. The molecule has 0 aliphatic carbocycles. The van der Waals surface area contributed by atoms with E-state index in [2.05, 4.69) is 16.4 Å². The summed E-state index contributed by atoms with van der Waals surface area (Å²) in [6.45, 7) is 4.46. The van der Waals surface area contributed by atoms with Crippen molar-refractivity contribution in [2.24, 2.45) is 0 Å². The van der Waals surface area contributed by atoms with E-state index in [9.17, 15) is 13.6 Å². The number of H-pyrrole nitrogens is 1. The van der Waals surface area contributed by atoms with Crippen molar-refractivity contribution in [2.75, 3.05) is 6.54 Å². The van der Waals surface area contributed by atoms with Crippen molar-refractivity contribution in [2.45, 2.75) is 20.3 Å². The molecule has 2 aromatic carbocycles. The minimum Gasteiger partial charge on any atom is -0.358 e. The number of aryl methyl sites for hydroxylation is 2. The fraction of sp³-hybridized carbons (Fsp3) is 0.211. The molecule has 2 N–H and O–H groups in total. The van der Waals surface area contributed by atoms with Crippen LogP contribution in [-0.2, 0) is 6.42 Å². The number of aromatic nitrogens is 1. The monoisotopic (exact) mass is 328 g/mol. The van der Waals surface area contributed by atoms with Gasteiger partial charge in [-0.05, 0) is 56.2 Å². The zero-order valence-electron chi connectivity index (χ0n) is 13.5. The number of hydrogen-bond donors (Lipinski definition) is 2. The number of amides is 1. The predicted octanol–water partition coefficient (Wildman–Crippen LogP) is 4.04. The molecular formula is C19H18F2N2O. The number of hydrogen-bond acceptors (Lipinski definition) is 1. The smallest absolute Gasteiger partial charge is 0.251 e. The van der Waals surface area contributed by atoms with Gasteiger partial charge in [-0.3, -0.25) is 4.79 Å². The molecule has 1 amide bonds. The van der Waals surface area contributed by atoms with E-state index in [1.165, 1.54) is 11.6 Å². The van der Waals surface area contributed by atoms with E-state index in [0.29, 0.717) is 13.0 Å². The Morgan fingerprint density at radius 3 is 2.62 bits per heavy atom. The molecule has 3 rings (SSSR count). The lowest BCUT2D eigenvalue weighted by Crippen LogP contribution is -2.26. The van der Waals surface area contributed by atoms with Gasteiger partial charge in [0, 0.05) is 28.7 Å². The zero-order valence-corrected chi connectivity index (χ0v) is 13.5. The Balaban J connectivity index is 1.70. The van der Waals surface area contributed by atoms with Crippen molar-refractivity contribution in [3.05, 3.63) is 70.4 Å². The number of nitrogens with one attached hydrogen (secondary N) is 2. The summed E-state index contributed by atoms with van der Waals surface area (Å²) in [4.78, 5) is 15.4. The summed E-state index contributed by atoms with van der Waals surface area (Å²) >= 11 is 0. The Kier molecular flexibility index (Phi) is 4.34. The van der Waals surface area contributed by atoms with Crippen molar-refractivity contribution in [1.29, 1.82) is 0 Å². The van der Waals surface area contributed by atoms with Gasteiger partial charge >= 0.3 is 0 Å². The van der Waals surface area contributed by atoms with Gasteiger partial charge in [0.1, 0.15) is 0 Å². The van der Waals surface area contributed by atoms with Crippen LogP contribution in [0.5, 0.6) is 0 Å². The predicted molar refractivity (Wildman–Crippen MR) is 90.2 cm³/mol. The molecule has 0 atom stereocenters. The van der Waals surface area contributed by atoms with Crippen LogP contribution in [0, 0.1) is 25.5 Å². The van der Waals surface area contributed by atoms with Gasteiger partial charge in [-0.1, -0.05) is 11.6 Å². The lowest BCUT2D eigenvalue weighted by Gasteiger charge is -2.06. The molecule has 24 heavy (non-hydrogen) atoms. The summed E-state index contributed by atoms with van der Waals surface area (Å²) in [7, 11) is 0. The Labute approximate surface area is 138 Å². The van der Waals surface area contributed by atoms with Crippen molar-refractivity contribution in [3.8, 4) is 0 Å². The number of fused-ring (bicyclic) bond motifs is 1. The first-order valence-corrected chi connectivity index (χ1v) is 7.77. The second-order valence-corrected chi connectivity index (χ2v) is 5.91. The number of aromatic amines is 1. The van der Waals surface area contributed by atoms with Gasteiger partial charge in [-0.25, -0.2) is 8.78 Å². The highest BCUT2D eigenvalue weighted by molar-refractivity contribution is 5.94. The molecule has 0 fully saturated rings. The number of rotatable bonds is 4. The van der Waals surface area contributed by atoms with Crippen LogP contribution in [0.3, 0.4) is 0 Å². The van der Waals surface area contributed by atoms with E-state index in [0.717, 1.165) is 34.3 Å². The fourth-order valence-corrected chi connectivity index (χ4v) is 2.86. The lowest BCUT2D eigenvalue weighted by molar-refractivity contribution is 0.0953. The van der Waals surface area contributed by atoms with E-state index in [-0.39, 0.29) is 5.56 Å². The largest absolute Gasteiger partial charge is 0.358 e. The maximum absolute atomic E-state index is 13.2. The van der Waals surface area contributed by atoms with Crippen LogP contribution in [-0.4, -0.2) is 17.4 Å². The normalized spacial score (nSPS) is 11.0. The Morgan fingerprint density at radius 1 is 1.08 bits per heavy atom. The third-order valence-electron chi connectivity index (χ3n) is 4.12. The third kappa shape index (κ3) is 3.15. The molecule has 3 aromatic rings. The average molecular weight is 328 g/mol. The maximum atomic E-state index is 13.2. The molecule has 0 radical (unpaired) electrons. The van der Waals surface area contributed by atoms with Gasteiger partial charge in [-0.15, -0.1) is 0 Å². The Morgan fingerprint density at radius 2 is 1.88 bits per heavy atom. The second-order valence-electron chi connectivity index (χ2n) is 5.91. The first-order chi connectivity index (χ1) is 11.5. The fourth-order valence-electron chi connectivity index (χ4n) is 2.86. The van der Waals surface area contributed by atoms with Crippen LogP contribution in [0.15, 0.2) is 36.4 Å². The minimum absolute atomic E-state index is 0.111. The number of carbonyl (C=O) groups excluding carboxylic acids is 1. The zero-order chi connectivity index (χ0) is 17.3. The maximum Gasteiger partial charge on any atom is 0.251 e. The SMILES string of the molecule is Cc1ccc2[nH]c(C)c(CCNC(=O)c3ccc(F)c(F)c3)c2c1. The van der Waals surface area contributed by atoms with Crippen molar-refractivity contribution < 1.29 is 13.6 Å². The van der Waals surface area contributed by atoms with Crippen LogP contribution < -0.4 is 5.32 Å². The summed E-state index contributed by atoms with van der Waals surface area (Å²) in [5, 5.41) is 3.90. The summed E-state index contributed by atoms with van der Waals surface area (Å²) in [6, 6.07) is 9.34. The molecule has 1 aromatic heterocycles.